The molecule has 2 nitrogen and oxygen atoms in total. The Balaban J connectivity index is 3.70. The minimum absolute atomic E-state index is 0.134. The molecule has 0 spiro atoms. The van der Waals surface area contributed by atoms with Crippen LogP contribution in [0.1, 0.15) is 33.6 Å². The van der Waals surface area contributed by atoms with Gasteiger partial charge in [0.25, 0.3) is 0 Å². The molecule has 16 heavy (non-hydrogen) atoms. The van der Waals surface area contributed by atoms with Gasteiger partial charge in [-0.15, -0.1) is 11.5 Å². The first-order valence-electron chi connectivity index (χ1n) is 5.80. The van der Waals surface area contributed by atoms with E-state index in [1.165, 1.54) is 0 Å². The predicted octanol–water partition coefficient (Wildman–Crippen LogP) is 3.24. The number of carbonyl (C=O) groups is 1. The van der Waals surface area contributed by atoms with Gasteiger partial charge in [0.05, 0.1) is 12.0 Å². The maximum atomic E-state index is 11.4. The normalized spacial score (nSPS) is 11.6. The summed E-state index contributed by atoms with van der Waals surface area (Å²) in [4.78, 5) is 11.4. The fraction of sp³-hybridized carbons (Fsp3) is 0.769. The molecule has 92 valence electrons. The largest absolute Gasteiger partial charge is 0.465 e. The quantitative estimate of drug-likeness (QED) is 0.328. The lowest BCUT2D eigenvalue weighted by molar-refractivity contribution is -0.152. The third kappa shape index (κ3) is 8.55. The molecule has 0 unspecified atom stereocenters. The third-order valence-corrected chi connectivity index (χ3v) is 2.68. The Morgan fingerprint density at radius 1 is 1.25 bits per heavy atom. The monoisotopic (exact) mass is 240 g/mol. The average Bonchev–Trinajstić information content (AvgIpc) is 2.07. The topological polar surface area (TPSA) is 26.3 Å². The van der Waals surface area contributed by atoms with E-state index < -0.39 is 13.5 Å². The highest BCUT2D eigenvalue weighted by Crippen LogP contribution is 2.15. The first-order valence-corrected chi connectivity index (χ1v) is 9.30. The van der Waals surface area contributed by atoms with Gasteiger partial charge in [-0.25, -0.2) is 0 Å². The van der Waals surface area contributed by atoms with Crippen molar-refractivity contribution in [1.82, 2.24) is 0 Å². The maximum absolute atomic E-state index is 11.4. The van der Waals surface area contributed by atoms with E-state index in [9.17, 15) is 4.79 Å². The molecule has 0 N–H and O–H groups in total. The minimum atomic E-state index is -1.24. The van der Waals surface area contributed by atoms with Crippen LogP contribution < -0.4 is 0 Å². The molecule has 0 fully saturated rings. The second-order valence-corrected chi connectivity index (χ2v) is 10.8. The predicted molar refractivity (Wildman–Crippen MR) is 70.8 cm³/mol. The number of ether oxygens (including phenoxy) is 1. The van der Waals surface area contributed by atoms with Crippen molar-refractivity contribution in [2.75, 3.05) is 6.61 Å². The van der Waals surface area contributed by atoms with Crippen LogP contribution in [0.25, 0.3) is 0 Å². The van der Waals surface area contributed by atoms with E-state index in [1.54, 1.807) is 0 Å². The Kier molecular flexibility index (Phi) is 5.81. The van der Waals surface area contributed by atoms with E-state index in [0.29, 0.717) is 6.61 Å². The van der Waals surface area contributed by atoms with Gasteiger partial charge in [0.1, 0.15) is 8.07 Å². The summed E-state index contributed by atoms with van der Waals surface area (Å²) < 4.78 is 5.14. The van der Waals surface area contributed by atoms with Gasteiger partial charge in [0, 0.05) is 6.42 Å². The number of unbranched alkanes of at least 4 members (excludes halogenated alkanes) is 1. The molecular weight excluding hydrogens is 216 g/mol. The van der Waals surface area contributed by atoms with E-state index in [1.807, 2.05) is 20.8 Å². The van der Waals surface area contributed by atoms with Crippen molar-refractivity contribution in [3.05, 3.63) is 0 Å². The average molecular weight is 240 g/mol. The zero-order chi connectivity index (χ0) is 12.8. The lowest BCUT2D eigenvalue weighted by atomic mass is 9.97. The Morgan fingerprint density at radius 2 is 1.81 bits per heavy atom. The maximum Gasteiger partial charge on any atom is 0.311 e. The Bertz CT molecular complexity index is 284. The second kappa shape index (κ2) is 6.10. The first kappa shape index (κ1) is 15.2. The number of hydrogen-bond donors (Lipinski definition) is 0. The van der Waals surface area contributed by atoms with Crippen LogP contribution in [0.15, 0.2) is 0 Å². The van der Waals surface area contributed by atoms with Crippen LogP contribution in [0, 0.1) is 16.9 Å². The van der Waals surface area contributed by atoms with Crippen molar-refractivity contribution < 1.29 is 9.53 Å². The highest BCUT2D eigenvalue weighted by Gasteiger charge is 2.22. The summed E-state index contributed by atoms with van der Waals surface area (Å²) in [5.74, 6) is 3.02. The van der Waals surface area contributed by atoms with Crippen molar-refractivity contribution in [2.45, 2.75) is 53.3 Å². The first-order chi connectivity index (χ1) is 7.13. The molecule has 0 aliphatic heterocycles. The van der Waals surface area contributed by atoms with E-state index in [2.05, 4.69) is 31.1 Å². The second-order valence-electron chi connectivity index (χ2n) is 6.04. The lowest BCUT2D eigenvalue weighted by Crippen LogP contribution is -2.23. The smallest absolute Gasteiger partial charge is 0.311 e. The molecule has 0 saturated heterocycles. The zero-order valence-corrected chi connectivity index (χ0v) is 12.4. The Morgan fingerprint density at radius 3 is 2.25 bits per heavy atom. The summed E-state index contributed by atoms with van der Waals surface area (Å²) >= 11 is 0. The van der Waals surface area contributed by atoms with Gasteiger partial charge in [-0.3, -0.25) is 4.79 Å². The molecule has 0 aliphatic rings. The van der Waals surface area contributed by atoms with Gasteiger partial charge in [-0.2, -0.15) is 0 Å². The fourth-order valence-electron chi connectivity index (χ4n) is 0.870. The highest BCUT2D eigenvalue weighted by atomic mass is 28.3. The van der Waals surface area contributed by atoms with E-state index in [4.69, 9.17) is 4.74 Å². The number of rotatable bonds is 3. The summed E-state index contributed by atoms with van der Waals surface area (Å²) in [5.41, 5.74) is 2.89. The molecule has 0 aliphatic carbocycles. The molecule has 0 atom stereocenters. The van der Waals surface area contributed by atoms with Crippen LogP contribution in [0.3, 0.4) is 0 Å². The van der Waals surface area contributed by atoms with Crippen molar-refractivity contribution in [1.29, 1.82) is 0 Å². The van der Waals surface area contributed by atoms with Crippen LogP contribution in [0.4, 0.5) is 0 Å². The van der Waals surface area contributed by atoms with Crippen LogP contribution in [0.2, 0.25) is 19.6 Å². The van der Waals surface area contributed by atoms with Crippen molar-refractivity contribution in [3.8, 4) is 11.5 Å². The SMILES string of the molecule is CC(C)(C)C(=O)OCCCC#C[Si](C)(C)C. The third-order valence-electron chi connectivity index (χ3n) is 1.76. The summed E-state index contributed by atoms with van der Waals surface area (Å²) in [5, 5.41) is 0. The summed E-state index contributed by atoms with van der Waals surface area (Å²) in [7, 11) is -1.24. The van der Waals surface area contributed by atoms with Crippen molar-refractivity contribution in [3.63, 3.8) is 0 Å². The van der Waals surface area contributed by atoms with Crippen LogP contribution in [-0.4, -0.2) is 20.7 Å². The van der Waals surface area contributed by atoms with E-state index in [-0.39, 0.29) is 5.97 Å². The van der Waals surface area contributed by atoms with Crippen molar-refractivity contribution in [2.24, 2.45) is 5.41 Å². The zero-order valence-electron chi connectivity index (χ0n) is 11.4. The minimum Gasteiger partial charge on any atom is -0.465 e. The highest BCUT2D eigenvalue weighted by molar-refractivity contribution is 6.83. The fourth-order valence-corrected chi connectivity index (χ4v) is 1.52. The van der Waals surface area contributed by atoms with Gasteiger partial charge >= 0.3 is 5.97 Å². The molecule has 0 aromatic heterocycles. The van der Waals surface area contributed by atoms with E-state index in [0.717, 1.165) is 12.8 Å². The lowest BCUT2D eigenvalue weighted by Gasteiger charge is -2.16. The molecule has 0 heterocycles. The molecule has 3 heteroatoms. The molecule has 0 aromatic rings. The number of hydrogen-bond acceptors (Lipinski definition) is 2. The molecule has 0 aromatic carbocycles. The van der Waals surface area contributed by atoms with Gasteiger partial charge in [0.15, 0.2) is 0 Å². The summed E-state index contributed by atoms with van der Waals surface area (Å²) in [6, 6.07) is 0. The molecule has 0 amide bonds. The van der Waals surface area contributed by atoms with Gasteiger partial charge < -0.3 is 4.74 Å². The standard InChI is InChI=1S/C13H24O2Si/c1-13(2,3)12(14)15-10-8-7-9-11-16(4,5)6/h7-8,10H2,1-6H3. The molecular formula is C13H24O2Si. The molecule has 0 saturated carbocycles. The Hall–Kier alpha value is -0.753. The van der Waals surface area contributed by atoms with Crippen LogP contribution in [-0.2, 0) is 9.53 Å². The van der Waals surface area contributed by atoms with Crippen molar-refractivity contribution >= 4 is 14.0 Å². The Labute approximate surface area is 101 Å². The summed E-state index contributed by atoms with van der Waals surface area (Å²) in [6.07, 6.45) is 1.65. The summed E-state index contributed by atoms with van der Waals surface area (Å²) in [6.45, 7) is 12.7. The van der Waals surface area contributed by atoms with Gasteiger partial charge in [-0.1, -0.05) is 19.6 Å². The molecule has 0 radical (unpaired) electrons. The van der Waals surface area contributed by atoms with Gasteiger partial charge in [-0.05, 0) is 27.2 Å². The number of esters is 1. The number of carbonyl (C=O) groups excluding carboxylic acids is 1. The molecule has 0 rings (SSSR count). The molecule has 0 bridgehead atoms. The van der Waals surface area contributed by atoms with E-state index >= 15 is 0 Å². The van der Waals surface area contributed by atoms with Gasteiger partial charge in [0.2, 0.25) is 0 Å². The van der Waals surface area contributed by atoms with Crippen LogP contribution >= 0.6 is 0 Å². The van der Waals surface area contributed by atoms with Crippen LogP contribution in [0.5, 0.6) is 0 Å².